The van der Waals surface area contributed by atoms with Crippen LogP contribution in [0.25, 0.3) is 22.0 Å². The second-order valence-corrected chi connectivity index (χ2v) is 8.56. The third kappa shape index (κ3) is 5.42. The molecule has 1 saturated heterocycles. The summed E-state index contributed by atoms with van der Waals surface area (Å²) >= 11 is 6.60. The molecule has 180 valence electrons. The fourth-order valence-corrected chi connectivity index (χ4v) is 4.45. The van der Waals surface area contributed by atoms with Gasteiger partial charge in [-0.1, -0.05) is 38.1 Å². The highest BCUT2D eigenvalue weighted by molar-refractivity contribution is 6.35. The number of nitrogens with zero attached hydrogens (tertiary/aromatic N) is 3. The van der Waals surface area contributed by atoms with Crippen LogP contribution in [0, 0.1) is 5.92 Å². The van der Waals surface area contributed by atoms with E-state index in [1.54, 1.807) is 20.4 Å². The Morgan fingerprint density at radius 2 is 2.03 bits per heavy atom. The van der Waals surface area contributed by atoms with Gasteiger partial charge in [0.25, 0.3) is 0 Å². The molecule has 0 bridgehead atoms. The Morgan fingerprint density at radius 1 is 1.29 bits per heavy atom. The Labute approximate surface area is 205 Å². The van der Waals surface area contributed by atoms with E-state index in [2.05, 4.69) is 30.4 Å². The predicted molar refractivity (Wildman–Crippen MR) is 137 cm³/mol. The van der Waals surface area contributed by atoms with Crippen LogP contribution >= 0.6 is 11.6 Å². The highest BCUT2D eigenvalue weighted by Crippen LogP contribution is 2.43. The first-order chi connectivity index (χ1) is 16.3. The molecule has 1 aromatic heterocycles. The van der Waals surface area contributed by atoms with Crippen molar-refractivity contribution in [1.82, 2.24) is 14.9 Å². The van der Waals surface area contributed by atoms with Gasteiger partial charge in [-0.3, -0.25) is 4.79 Å². The highest BCUT2D eigenvalue weighted by atomic mass is 35.5. The molecule has 2 aromatic carbocycles. The van der Waals surface area contributed by atoms with E-state index in [1.165, 1.54) is 6.08 Å². The molecule has 0 spiro atoms. The Bertz CT molecular complexity index is 1200. The number of methoxy groups -OCH3 is 2. The van der Waals surface area contributed by atoms with Crippen LogP contribution < -0.4 is 15.2 Å². The first-order valence-corrected chi connectivity index (χ1v) is 11.6. The van der Waals surface area contributed by atoms with Crippen LogP contribution in [0.3, 0.4) is 0 Å². The van der Waals surface area contributed by atoms with E-state index in [9.17, 15) is 4.79 Å². The molecule has 1 fully saturated rings. The molecular weight excluding hydrogens is 452 g/mol. The van der Waals surface area contributed by atoms with Crippen molar-refractivity contribution >= 4 is 34.4 Å². The molecule has 0 saturated carbocycles. The van der Waals surface area contributed by atoms with Crippen molar-refractivity contribution in [2.24, 2.45) is 5.92 Å². The number of carbonyl (C=O) groups excluding carboxylic acids is 1. The van der Waals surface area contributed by atoms with Gasteiger partial charge in [-0.05, 0) is 42.5 Å². The van der Waals surface area contributed by atoms with Gasteiger partial charge in [0.05, 0.1) is 24.8 Å². The summed E-state index contributed by atoms with van der Waals surface area (Å²) in [5.41, 5.74) is 9.31. The van der Waals surface area contributed by atoms with E-state index >= 15 is 0 Å². The number of nitrogens with two attached hydrogens (primary N) is 1. The zero-order chi connectivity index (χ0) is 24.8. The molecule has 0 aliphatic carbocycles. The van der Waals surface area contributed by atoms with E-state index in [4.69, 9.17) is 26.8 Å². The smallest absolute Gasteiger partial charge is 0.245 e. The lowest BCUT2D eigenvalue weighted by Gasteiger charge is -2.18. The molecule has 7 nitrogen and oxygen atoms in total. The number of hydrogen-bond acceptors (Lipinski definition) is 6. The lowest BCUT2D eigenvalue weighted by Crippen LogP contribution is -2.26. The Morgan fingerprint density at radius 3 is 2.62 bits per heavy atom. The minimum atomic E-state index is 0.0735. The Balaban J connectivity index is 0.000000271. The van der Waals surface area contributed by atoms with Gasteiger partial charge in [0.15, 0.2) is 0 Å². The van der Waals surface area contributed by atoms with E-state index < -0.39 is 0 Å². The van der Waals surface area contributed by atoms with Gasteiger partial charge >= 0.3 is 0 Å². The van der Waals surface area contributed by atoms with Gasteiger partial charge < -0.3 is 20.1 Å². The van der Waals surface area contributed by atoms with E-state index in [0.717, 1.165) is 59.3 Å². The number of hydrogen-bond donors (Lipinski definition) is 1. The zero-order valence-electron chi connectivity index (χ0n) is 20.1. The molecule has 8 heteroatoms. The average Bonchev–Trinajstić information content (AvgIpc) is 3.29. The van der Waals surface area contributed by atoms with Gasteiger partial charge in [-0.2, -0.15) is 0 Å². The van der Waals surface area contributed by atoms with Crippen molar-refractivity contribution in [3.63, 3.8) is 0 Å². The van der Waals surface area contributed by atoms with Gasteiger partial charge in [0.1, 0.15) is 11.5 Å². The number of fused-ring (bicyclic) bond motifs is 1. The van der Waals surface area contributed by atoms with Crippen LogP contribution in [0.15, 0.2) is 43.1 Å². The summed E-state index contributed by atoms with van der Waals surface area (Å²) < 4.78 is 10.9. The molecule has 1 aliphatic heterocycles. The third-order valence-electron chi connectivity index (χ3n) is 5.89. The van der Waals surface area contributed by atoms with Crippen molar-refractivity contribution in [2.45, 2.75) is 26.7 Å². The minimum absolute atomic E-state index is 0.0735. The third-order valence-corrected chi connectivity index (χ3v) is 6.26. The van der Waals surface area contributed by atoms with Crippen LogP contribution in [-0.4, -0.2) is 48.1 Å². The molecule has 0 radical (unpaired) electrons. The fourth-order valence-electron chi connectivity index (χ4n) is 4.10. The summed E-state index contributed by atoms with van der Waals surface area (Å²) in [6.07, 6.45) is 5.01. The van der Waals surface area contributed by atoms with E-state index in [0.29, 0.717) is 16.7 Å². The van der Waals surface area contributed by atoms with Crippen molar-refractivity contribution in [2.75, 3.05) is 33.0 Å². The fraction of sp³-hybridized carbons (Fsp3) is 0.346. The number of halogens is 1. The van der Waals surface area contributed by atoms with Gasteiger partial charge in [-0.15, -0.1) is 0 Å². The van der Waals surface area contributed by atoms with Crippen molar-refractivity contribution in [3.05, 3.63) is 53.7 Å². The summed E-state index contributed by atoms with van der Waals surface area (Å²) in [6.45, 7) is 9.48. The summed E-state index contributed by atoms with van der Waals surface area (Å²) in [5.74, 6) is 2.33. The number of nitrogen functional groups attached to an aromatic ring is 1. The Hall–Kier alpha value is -3.32. The number of likely N-dealkylation sites (tertiary alicyclic amines) is 1. The van der Waals surface area contributed by atoms with Crippen LogP contribution in [0.5, 0.6) is 11.5 Å². The molecule has 1 aliphatic rings. The monoisotopic (exact) mass is 482 g/mol. The number of anilines is 1. The molecule has 2 heterocycles. The minimum Gasteiger partial charge on any atom is -0.496 e. The molecule has 2 N–H and O–H groups in total. The normalized spacial score (nSPS) is 15.0. The van der Waals surface area contributed by atoms with Gasteiger partial charge in [-0.25, -0.2) is 9.97 Å². The summed E-state index contributed by atoms with van der Waals surface area (Å²) in [5, 5.41) is 1.45. The number of rotatable bonds is 5. The maximum atomic E-state index is 11.0. The molecule has 34 heavy (non-hydrogen) atoms. The number of carbonyl (C=O) groups is 1. The first-order valence-electron chi connectivity index (χ1n) is 11.2. The molecule has 1 amide bonds. The largest absolute Gasteiger partial charge is 0.496 e. The first kappa shape index (κ1) is 25.3. The molecule has 1 unspecified atom stereocenters. The van der Waals surface area contributed by atoms with Crippen LogP contribution in [0.2, 0.25) is 5.02 Å². The second kappa shape index (κ2) is 11.2. The summed E-state index contributed by atoms with van der Waals surface area (Å²) in [7, 11) is 3.23. The lowest BCUT2D eigenvalue weighted by molar-refractivity contribution is -0.125. The predicted octanol–water partition coefficient (Wildman–Crippen LogP) is 5.15. The number of ether oxygens (including phenoxy) is 2. The maximum absolute atomic E-state index is 11.0. The van der Waals surface area contributed by atoms with Crippen molar-refractivity contribution in [3.8, 4) is 22.6 Å². The standard InChI is InChI=1S/C18H18ClN3O2.C8H13NO/c1-4-12-14(23-2)8-15(24-3)17(19)16(12)10-5-6-13-11(7-10)9-21-18(20)22-13;1-3-8(10)9-5-4-7(2)6-9/h5-9H,4H2,1-3H3,(H2,20,21,22);3,7H,1,4-6H2,2H3. The maximum Gasteiger partial charge on any atom is 0.245 e. The topological polar surface area (TPSA) is 90.6 Å². The molecule has 3 aromatic rings. The summed E-state index contributed by atoms with van der Waals surface area (Å²) in [4.78, 5) is 21.1. The van der Waals surface area contributed by atoms with E-state index in [1.807, 2.05) is 29.2 Å². The lowest BCUT2D eigenvalue weighted by atomic mass is 9.95. The highest BCUT2D eigenvalue weighted by Gasteiger charge is 2.21. The SMILES string of the molecule is C=CC(=O)N1CCC(C)C1.CCc1c(OC)cc(OC)c(Cl)c1-c1ccc2nc(N)ncc2c1. The van der Waals surface area contributed by atoms with Crippen LogP contribution in [0.1, 0.15) is 25.8 Å². The summed E-state index contributed by atoms with van der Waals surface area (Å²) in [6, 6.07) is 7.68. The number of benzene rings is 2. The van der Waals surface area contributed by atoms with Crippen LogP contribution in [-0.2, 0) is 11.2 Å². The van der Waals surface area contributed by atoms with E-state index in [-0.39, 0.29) is 11.9 Å². The molecular formula is C26H31ClN4O3. The zero-order valence-corrected chi connectivity index (χ0v) is 20.9. The van der Waals surface area contributed by atoms with Crippen molar-refractivity contribution < 1.29 is 14.3 Å². The van der Waals surface area contributed by atoms with Crippen molar-refractivity contribution in [1.29, 1.82) is 0 Å². The molecule has 1 atom stereocenters. The number of amides is 1. The quantitative estimate of drug-likeness (QED) is 0.505. The average molecular weight is 483 g/mol. The molecule has 4 rings (SSSR count). The van der Waals surface area contributed by atoms with Gasteiger partial charge in [0.2, 0.25) is 11.9 Å². The van der Waals surface area contributed by atoms with Crippen LogP contribution in [0.4, 0.5) is 5.95 Å². The number of aromatic nitrogens is 2. The Kier molecular flexibility index (Phi) is 8.34. The van der Waals surface area contributed by atoms with Gasteiger partial charge in [0, 0.05) is 41.9 Å². The second-order valence-electron chi connectivity index (χ2n) is 8.19.